The van der Waals surface area contributed by atoms with Crippen molar-refractivity contribution in [1.29, 1.82) is 0 Å². The first kappa shape index (κ1) is 16.6. The van der Waals surface area contributed by atoms with Gasteiger partial charge in [-0.15, -0.1) is 0 Å². The van der Waals surface area contributed by atoms with Gasteiger partial charge in [0.25, 0.3) is 0 Å². The molecule has 18 heavy (non-hydrogen) atoms. The molecular formula is C11H17F3NO3-. The van der Waals surface area contributed by atoms with Crippen LogP contribution in [0.15, 0.2) is 11.5 Å². The highest BCUT2D eigenvalue weighted by molar-refractivity contribution is 5.88. The third-order valence-electron chi connectivity index (χ3n) is 2.17. The minimum absolute atomic E-state index is 0.00908. The largest absolute Gasteiger partial charge is 0.868 e. The van der Waals surface area contributed by atoms with Gasteiger partial charge in [0.15, 0.2) is 0 Å². The van der Waals surface area contributed by atoms with E-state index in [0.29, 0.717) is 6.42 Å². The molecule has 0 saturated carbocycles. The molecule has 0 unspecified atom stereocenters. The molecule has 0 saturated heterocycles. The molecule has 4 nitrogen and oxygen atoms in total. The van der Waals surface area contributed by atoms with Crippen LogP contribution in [0.4, 0.5) is 13.2 Å². The van der Waals surface area contributed by atoms with Crippen molar-refractivity contribution in [1.82, 2.24) is 5.32 Å². The van der Waals surface area contributed by atoms with Gasteiger partial charge in [-0.25, -0.2) is 4.79 Å². The van der Waals surface area contributed by atoms with Gasteiger partial charge in [0.05, 0.1) is 6.61 Å². The number of rotatable bonds is 7. The Hall–Kier alpha value is -1.40. The summed E-state index contributed by atoms with van der Waals surface area (Å²) < 4.78 is 41.0. The van der Waals surface area contributed by atoms with Crippen LogP contribution in [0.2, 0.25) is 0 Å². The van der Waals surface area contributed by atoms with E-state index in [4.69, 9.17) is 0 Å². The molecule has 0 aromatic carbocycles. The lowest BCUT2D eigenvalue weighted by Gasteiger charge is -2.20. The summed E-state index contributed by atoms with van der Waals surface area (Å²) in [5.74, 6) is -3.49. The molecule has 0 spiro atoms. The molecule has 0 aromatic rings. The molecule has 1 N–H and O–H groups in total. The highest BCUT2D eigenvalue weighted by Crippen LogP contribution is 2.23. The number of alkyl halides is 3. The lowest BCUT2D eigenvalue weighted by atomic mass is 10.2. The average Bonchev–Trinajstić information content (AvgIpc) is 2.28. The predicted molar refractivity (Wildman–Crippen MR) is 57.2 cm³/mol. The molecule has 0 aromatic heterocycles. The summed E-state index contributed by atoms with van der Waals surface area (Å²) in [6, 6.07) is 0. The van der Waals surface area contributed by atoms with Crippen molar-refractivity contribution in [3.8, 4) is 0 Å². The number of ether oxygens (including phenoxy) is 1. The smallest absolute Gasteiger partial charge is 0.404 e. The van der Waals surface area contributed by atoms with Crippen LogP contribution in [0.25, 0.3) is 0 Å². The van der Waals surface area contributed by atoms with Crippen LogP contribution in [0.5, 0.6) is 0 Å². The Morgan fingerprint density at radius 1 is 1.28 bits per heavy atom. The quantitative estimate of drug-likeness (QED) is 0.329. The highest BCUT2D eigenvalue weighted by atomic mass is 19.4. The molecule has 0 aliphatic carbocycles. The number of allylic oxidation sites excluding steroid dienone is 1. The van der Waals surface area contributed by atoms with Crippen LogP contribution in [-0.4, -0.2) is 25.8 Å². The number of esters is 1. The van der Waals surface area contributed by atoms with E-state index in [1.165, 1.54) is 0 Å². The van der Waals surface area contributed by atoms with Crippen molar-refractivity contribution in [2.45, 2.75) is 38.8 Å². The molecule has 0 bridgehead atoms. The number of carbonyl (C=O) groups is 1. The van der Waals surface area contributed by atoms with E-state index >= 15 is 0 Å². The minimum Gasteiger partial charge on any atom is -0.868 e. The maximum atomic E-state index is 12.1. The summed E-state index contributed by atoms with van der Waals surface area (Å²) in [6.45, 7) is 2.01. The maximum absolute atomic E-state index is 12.1. The Bertz CT molecular complexity index is 300. The van der Waals surface area contributed by atoms with E-state index < -0.39 is 23.6 Å². The summed E-state index contributed by atoms with van der Waals surface area (Å²) in [4.78, 5) is 11.3. The summed E-state index contributed by atoms with van der Waals surface area (Å²) in [7, 11) is 1.07. The normalized spacial score (nSPS) is 12.9. The van der Waals surface area contributed by atoms with Gasteiger partial charge in [0, 0.05) is 12.8 Å². The monoisotopic (exact) mass is 268 g/mol. The third kappa shape index (κ3) is 5.79. The summed E-state index contributed by atoms with van der Waals surface area (Å²) in [5, 5.41) is 12.8. The van der Waals surface area contributed by atoms with Crippen LogP contribution >= 0.6 is 0 Å². The van der Waals surface area contributed by atoms with Gasteiger partial charge < -0.3 is 15.2 Å². The zero-order chi connectivity index (χ0) is 14.2. The van der Waals surface area contributed by atoms with E-state index in [2.05, 4.69) is 4.74 Å². The van der Waals surface area contributed by atoms with E-state index in [1.54, 1.807) is 0 Å². The van der Waals surface area contributed by atoms with Gasteiger partial charge in [0.1, 0.15) is 5.70 Å². The second kappa shape index (κ2) is 7.84. The van der Waals surface area contributed by atoms with E-state index in [-0.39, 0.29) is 6.61 Å². The Kier molecular flexibility index (Phi) is 7.23. The molecule has 7 heteroatoms. The third-order valence-corrected chi connectivity index (χ3v) is 2.17. The number of likely N-dealkylation sites (N-methyl/N-ethyl adjacent to an activating group) is 1. The van der Waals surface area contributed by atoms with Crippen molar-refractivity contribution >= 4 is 5.97 Å². The molecule has 0 amide bonds. The summed E-state index contributed by atoms with van der Waals surface area (Å²) in [6.07, 6.45) is -1.74. The fourth-order valence-corrected chi connectivity index (χ4v) is 1.22. The van der Waals surface area contributed by atoms with Gasteiger partial charge in [-0.1, -0.05) is 26.2 Å². The zero-order valence-electron chi connectivity index (χ0n) is 10.4. The van der Waals surface area contributed by atoms with Crippen LogP contribution in [-0.2, 0) is 9.53 Å². The highest BCUT2D eigenvalue weighted by Gasteiger charge is 2.31. The molecule has 0 aliphatic heterocycles. The van der Waals surface area contributed by atoms with Gasteiger partial charge in [-0.2, -0.15) is 13.2 Å². The van der Waals surface area contributed by atoms with E-state index in [1.807, 2.05) is 12.2 Å². The molecule has 0 aliphatic rings. The fraction of sp³-hybridized carbons (Fsp3) is 0.727. The second-order valence-corrected chi connectivity index (χ2v) is 3.65. The second-order valence-electron chi connectivity index (χ2n) is 3.65. The molecule has 0 fully saturated rings. The van der Waals surface area contributed by atoms with E-state index in [9.17, 15) is 23.1 Å². The summed E-state index contributed by atoms with van der Waals surface area (Å²) >= 11 is 0. The standard InChI is InChI=1S/C11H18F3NO3/c1-3-4-5-6-7-18-10(17)8(15-2)9(16)11(12,13)14/h15-16H,3-7H2,1-2H3/p-1/b9-8+. The van der Waals surface area contributed by atoms with Gasteiger partial charge in [-0.3, -0.25) is 0 Å². The number of halogens is 3. The van der Waals surface area contributed by atoms with Crippen molar-refractivity contribution in [3.05, 3.63) is 11.5 Å². The van der Waals surface area contributed by atoms with Gasteiger partial charge in [-0.05, 0) is 6.42 Å². The average molecular weight is 268 g/mol. The maximum Gasteiger partial charge on any atom is 0.404 e. The lowest BCUT2D eigenvalue weighted by molar-refractivity contribution is -0.362. The number of carbonyl (C=O) groups excluding carboxylic acids is 1. The number of unbranched alkanes of at least 4 members (excludes halogenated alkanes) is 3. The van der Waals surface area contributed by atoms with Gasteiger partial charge in [0.2, 0.25) is 0 Å². The SMILES string of the molecule is CCCCCCOC(=O)/C(NC)=C(\[O-])C(F)(F)F. The topological polar surface area (TPSA) is 61.4 Å². The van der Waals surface area contributed by atoms with Gasteiger partial charge >= 0.3 is 12.1 Å². The Balaban J connectivity index is 4.37. The fourth-order valence-electron chi connectivity index (χ4n) is 1.22. The Morgan fingerprint density at radius 3 is 2.33 bits per heavy atom. The predicted octanol–water partition coefficient (Wildman–Crippen LogP) is 1.46. The molecule has 106 valence electrons. The first-order chi connectivity index (χ1) is 8.34. The number of hydrogen-bond donors (Lipinski definition) is 1. The van der Waals surface area contributed by atoms with Crippen molar-refractivity contribution in [2.24, 2.45) is 0 Å². The first-order valence-electron chi connectivity index (χ1n) is 5.68. The molecular weight excluding hydrogens is 251 g/mol. The molecule has 0 radical (unpaired) electrons. The van der Waals surface area contributed by atoms with Crippen LogP contribution < -0.4 is 10.4 Å². The number of nitrogens with one attached hydrogen (secondary N) is 1. The van der Waals surface area contributed by atoms with Crippen molar-refractivity contribution in [2.75, 3.05) is 13.7 Å². The first-order valence-corrected chi connectivity index (χ1v) is 5.68. The Labute approximate surface area is 104 Å². The van der Waals surface area contributed by atoms with E-state index in [0.717, 1.165) is 26.3 Å². The molecule has 0 atom stereocenters. The molecule has 0 heterocycles. The summed E-state index contributed by atoms with van der Waals surface area (Å²) in [5.41, 5.74) is -1.09. The number of hydrogen-bond acceptors (Lipinski definition) is 4. The van der Waals surface area contributed by atoms with Crippen LogP contribution in [0.3, 0.4) is 0 Å². The lowest BCUT2D eigenvalue weighted by Crippen LogP contribution is -2.33. The van der Waals surface area contributed by atoms with Crippen LogP contribution in [0, 0.1) is 0 Å². The van der Waals surface area contributed by atoms with Crippen LogP contribution in [0.1, 0.15) is 32.6 Å². The van der Waals surface area contributed by atoms with Crippen molar-refractivity contribution in [3.63, 3.8) is 0 Å². The Morgan fingerprint density at radius 2 is 1.89 bits per heavy atom. The van der Waals surface area contributed by atoms with Crippen molar-refractivity contribution < 1.29 is 27.8 Å². The minimum atomic E-state index is -5.08. The molecule has 0 rings (SSSR count). The zero-order valence-corrected chi connectivity index (χ0v) is 10.4.